The monoisotopic (exact) mass is 369 g/mol. The normalized spacial score (nSPS) is 11.8. The highest BCUT2D eigenvalue weighted by molar-refractivity contribution is 7.14. The van der Waals surface area contributed by atoms with Gasteiger partial charge in [-0.05, 0) is 38.1 Å². The Labute approximate surface area is 155 Å². The van der Waals surface area contributed by atoms with E-state index in [1.54, 1.807) is 29.6 Å². The van der Waals surface area contributed by atoms with Crippen molar-refractivity contribution in [1.82, 2.24) is 10.3 Å². The summed E-state index contributed by atoms with van der Waals surface area (Å²) >= 11 is 1.29. The Bertz CT molecular complexity index is 902. The average Bonchev–Trinajstić information content (AvgIpc) is 3.24. The molecule has 2 aromatic heterocycles. The first-order valence-corrected chi connectivity index (χ1v) is 9.06. The SMILES string of the molecule is Cc1ccc(C(C)NC(=O)Cc2csc(NC(=O)c3ccccc3)n2)o1. The zero-order valence-electron chi connectivity index (χ0n) is 14.5. The average molecular weight is 369 g/mol. The molecule has 3 aromatic rings. The summed E-state index contributed by atoms with van der Waals surface area (Å²) in [6, 6.07) is 12.4. The molecule has 0 aliphatic rings. The first-order valence-electron chi connectivity index (χ1n) is 8.18. The summed E-state index contributed by atoms with van der Waals surface area (Å²) < 4.78 is 5.51. The molecule has 1 atom stereocenters. The van der Waals surface area contributed by atoms with Crippen LogP contribution in [0.4, 0.5) is 5.13 Å². The summed E-state index contributed by atoms with van der Waals surface area (Å²) in [5.41, 5.74) is 1.17. The van der Waals surface area contributed by atoms with Crippen LogP contribution in [0.3, 0.4) is 0 Å². The molecule has 0 saturated carbocycles. The number of carbonyl (C=O) groups is 2. The lowest BCUT2D eigenvalue weighted by atomic mass is 10.2. The van der Waals surface area contributed by atoms with Crippen molar-refractivity contribution >= 4 is 28.3 Å². The number of nitrogens with one attached hydrogen (secondary N) is 2. The fourth-order valence-corrected chi connectivity index (χ4v) is 3.12. The molecule has 2 heterocycles. The summed E-state index contributed by atoms with van der Waals surface area (Å²) in [6.07, 6.45) is 0.141. The van der Waals surface area contributed by atoms with Crippen molar-refractivity contribution in [3.05, 3.63) is 70.6 Å². The van der Waals surface area contributed by atoms with Gasteiger partial charge in [0, 0.05) is 10.9 Å². The zero-order valence-corrected chi connectivity index (χ0v) is 15.3. The number of aromatic nitrogens is 1. The molecule has 0 spiro atoms. The highest BCUT2D eigenvalue weighted by Crippen LogP contribution is 2.18. The molecule has 7 heteroatoms. The highest BCUT2D eigenvalue weighted by atomic mass is 32.1. The molecule has 2 N–H and O–H groups in total. The lowest BCUT2D eigenvalue weighted by Crippen LogP contribution is -2.28. The molecule has 0 saturated heterocycles. The van der Waals surface area contributed by atoms with Crippen molar-refractivity contribution in [1.29, 1.82) is 0 Å². The summed E-state index contributed by atoms with van der Waals surface area (Å²) in [5.74, 6) is 1.14. The number of carbonyl (C=O) groups excluding carboxylic acids is 2. The maximum absolute atomic E-state index is 12.2. The predicted molar refractivity (Wildman–Crippen MR) is 100 cm³/mol. The fraction of sp³-hybridized carbons (Fsp3) is 0.211. The van der Waals surface area contributed by atoms with Crippen molar-refractivity contribution in [2.24, 2.45) is 0 Å². The number of hydrogen-bond acceptors (Lipinski definition) is 5. The lowest BCUT2D eigenvalue weighted by Gasteiger charge is -2.10. The highest BCUT2D eigenvalue weighted by Gasteiger charge is 2.15. The van der Waals surface area contributed by atoms with Crippen molar-refractivity contribution in [2.45, 2.75) is 26.3 Å². The third-order valence-corrected chi connectivity index (χ3v) is 4.52. The van der Waals surface area contributed by atoms with Gasteiger partial charge in [-0.15, -0.1) is 11.3 Å². The minimum atomic E-state index is -0.224. The van der Waals surface area contributed by atoms with Crippen molar-refractivity contribution < 1.29 is 14.0 Å². The standard InChI is InChI=1S/C19H19N3O3S/c1-12-8-9-16(25-12)13(2)20-17(23)10-15-11-26-19(21-15)22-18(24)14-6-4-3-5-7-14/h3-9,11,13H,10H2,1-2H3,(H,20,23)(H,21,22,24). The summed E-state index contributed by atoms with van der Waals surface area (Å²) in [6.45, 7) is 3.72. The Morgan fingerprint density at radius 2 is 1.96 bits per heavy atom. The molecule has 1 unspecified atom stereocenters. The van der Waals surface area contributed by atoms with Gasteiger partial charge in [-0.2, -0.15) is 0 Å². The molecule has 3 rings (SSSR count). The maximum Gasteiger partial charge on any atom is 0.257 e. The minimum Gasteiger partial charge on any atom is -0.464 e. The third kappa shape index (κ3) is 4.58. The first-order chi connectivity index (χ1) is 12.5. The van der Waals surface area contributed by atoms with Gasteiger partial charge in [-0.25, -0.2) is 4.98 Å². The van der Waals surface area contributed by atoms with E-state index in [2.05, 4.69) is 15.6 Å². The van der Waals surface area contributed by atoms with Crippen LogP contribution in [0.2, 0.25) is 0 Å². The van der Waals surface area contributed by atoms with Gasteiger partial charge in [0.05, 0.1) is 18.2 Å². The van der Waals surface area contributed by atoms with Crippen LogP contribution in [-0.2, 0) is 11.2 Å². The molecule has 0 fully saturated rings. The van der Waals surface area contributed by atoms with Crippen LogP contribution < -0.4 is 10.6 Å². The van der Waals surface area contributed by atoms with E-state index >= 15 is 0 Å². The molecular weight excluding hydrogens is 350 g/mol. The van der Waals surface area contributed by atoms with E-state index in [1.165, 1.54) is 11.3 Å². The van der Waals surface area contributed by atoms with E-state index < -0.39 is 0 Å². The van der Waals surface area contributed by atoms with Crippen LogP contribution in [0.5, 0.6) is 0 Å². The number of benzene rings is 1. The van der Waals surface area contributed by atoms with Crippen LogP contribution in [0.15, 0.2) is 52.3 Å². The largest absolute Gasteiger partial charge is 0.464 e. The number of furan rings is 1. The second kappa shape index (κ2) is 7.97. The summed E-state index contributed by atoms with van der Waals surface area (Å²) in [5, 5.41) is 7.86. The Morgan fingerprint density at radius 1 is 1.19 bits per heavy atom. The van der Waals surface area contributed by atoms with Crippen molar-refractivity contribution in [2.75, 3.05) is 5.32 Å². The number of hydrogen-bond donors (Lipinski definition) is 2. The van der Waals surface area contributed by atoms with Gasteiger partial charge in [-0.1, -0.05) is 18.2 Å². The maximum atomic E-state index is 12.2. The predicted octanol–water partition coefficient (Wildman–Crippen LogP) is 3.72. The number of aryl methyl sites for hydroxylation is 1. The van der Waals surface area contributed by atoms with Gasteiger partial charge < -0.3 is 9.73 Å². The van der Waals surface area contributed by atoms with E-state index in [4.69, 9.17) is 4.42 Å². The van der Waals surface area contributed by atoms with Gasteiger partial charge in [-0.3, -0.25) is 14.9 Å². The van der Waals surface area contributed by atoms with Crippen LogP contribution in [-0.4, -0.2) is 16.8 Å². The first kappa shape index (κ1) is 17.9. The van der Waals surface area contributed by atoms with Gasteiger partial charge in [0.2, 0.25) is 5.91 Å². The van der Waals surface area contributed by atoms with Crippen LogP contribution in [0.1, 0.15) is 40.5 Å². The van der Waals surface area contributed by atoms with Crippen LogP contribution in [0.25, 0.3) is 0 Å². The topological polar surface area (TPSA) is 84.2 Å². The molecule has 134 valence electrons. The Balaban J connectivity index is 1.54. The zero-order chi connectivity index (χ0) is 18.5. The quantitative estimate of drug-likeness (QED) is 0.694. The van der Waals surface area contributed by atoms with Crippen molar-refractivity contribution in [3.63, 3.8) is 0 Å². The third-order valence-electron chi connectivity index (χ3n) is 3.72. The van der Waals surface area contributed by atoms with Crippen LogP contribution in [0, 0.1) is 6.92 Å². The van der Waals surface area contributed by atoms with Gasteiger partial charge in [0.15, 0.2) is 5.13 Å². The van der Waals surface area contributed by atoms with E-state index in [9.17, 15) is 9.59 Å². The molecule has 2 amide bonds. The summed E-state index contributed by atoms with van der Waals surface area (Å²) in [7, 11) is 0. The molecule has 26 heavy (non-hydrogen) atoms. The number of rotatable bonds is 6. The van der Waals surface area contributed by atoms with E-state index in [0.717, 1.165) is 5.76 Å². The smallest absolute Gasteiger partial charge is 0.257 e. The van der Waals surface area contributed by atoms with E-state index in [-0.39, 0.29) is 24.3 Å². The molecule has 0 radical (unpaired) electrons. The van der Waals surface area contributed by atoms with Crippen molar-refractivity contribution in [3.8, 4) is 0 Å². The molecule has 6 nitrogen and oxygen atoms in total. The number of anilines is 1. The van der Waals surface area contributed by atoms with E-state index in [0.29, 0.717) is 22.1 Å². The number of nitrogens with zero attached hydrogens (tertiary/aromatic N) is 1. The van der Waals surface area contributed by atoms with Gasteiger partial charge in [0.1, 0.15) is 11.5 Å². The van der Waals surface area contributed by atoms with Gasteiger partial charge in [0.25, 0.3) is 5.91 Å². The second-order valence-electron chi connectivity index (χ2n) is 5.88. The number of thiazole rings is 1. The van der Waals surface area contributed by atoms with E-state index in [1.807, 2.05) is 32.0 Å². The number of amides is 2. The Hall–Kier alpha value is -2.93. The summed E-state index contributed by atoms with van der Waals surface area (Å²) in [4.78, 5) is 28.6. The fourth-order valence-electron chi connectivity index (χ4n) is 2.42. The van der Waals surface area contributed by atoms with Crippen LogP contribution >= 0.6 is 11.3 Å². The molecule has 0 aliphatic carbocycles. The molecule has 0 bridgehead atoms. The molecule has 1 aromatic carbocycles. The Morgan fingerprint density at radius 3 is 2.65 bits per heavy atom. The van der Waals surface area contributed by atoms with Gasteiger partial charge >= 0.3 is 0 Å². The minimum absolute atomic E-state index is 0.141. The lowest BCUT2D eigenvalue weighted by molar-refractivity contribution is -0.121. The second-order valence-corrected chi connectivity index (χ2v) is 6.74. The molecular formula is C19H19N3O3S. The Kier molecular flexibility index (Phi) is 5.48. The molecule has 0 aliphatic heterocycles.